The Morgan fingerprint density at radius 1 is 1.53 bits per heavy atom. The number of thioether (sulfide) groups is 1. The number of aryl methyl sites for hydroxylation is 1. The van der Waals surface area contributed by atoms with Crippen molar-refractivity contribution in [3.63, 3.8) is 0 Å². The van der Waals surface area contributed by atoms with Gasteiger partial charge in [0, 0.05) is 5.56 Å². The molecule has 0 amide bonds. The summed E-state index contributed by atoms with van der Waals surface area (Å²) in [6.07, 6.45) is 0. The van der Waals surface area contributed by atoms with Gasteiger partial charge >= 0.3 is 5.97 Å². The van der Waals surface area contributed by atoms with Crippen LogP contribution < -0.4 is 0 Å². The van der Waals surface area contributed by atoms with Crippen LogP contribution in [-0.4, -0.2) is 26.5 Å². The van der Waals surface area contributed by atoms with Crippen molar-refractivity contribution in [2.45, 2.75) is 24.9 Å². The molecule has 1 atom stereocenters. The fourth-order valence-electron chi connectivity index (χ4n) is 1.48. The summed E-state index contributed by atoms with van der Waals surface area (Å²) >= 11 is 1.26. The summed E-state index contributed by atoms with van der Waals surface area (Å²) in [7, 11) is 0. The standard InChI is InChI=1S/C13H14N2O3S/c1-8-4-3-5-10(6-8)12-14-11(15-18-12)7-19-9(2)13(16)17/h3-6,9H,7H2,1-2H3,(H,16,17). The number of carboxylic acids is 1. The van der Waals surface area contributed by atoms with Crippen LogP contribution >= 0.6 is 11.8 Å². The Hall–Kier alpha value is -1.82. The van der Waals surface area contributed by atoms with E-state index in [2.05, 4.69) is 10.1 Å². The highest BCUT2D eigenvalue weighted by atomic mass is 32.2. The fraction of sp³-hybridized carbons (Fsp3) is 0.308. The molecule has 0 bridgehead atoms. The molecule has 0 aliphatic rings. The molecule has 0 aliphatic heterocycles. The number of aromatic nitrogens is 2. The van der Waals surface area contributed by atoms with Crippen LogP contribution in [0.3, 0.4) is 0 Å². The minimum atomic E-state index is -0.840. The highest BCUT2D eigenvalue weighted by Gasteiger charge is 2.14. The first-order valence-electron chi connectivity index (χ1n) is 5.80. The molecule has 1 unspecified atom stereocenters. The monoisotopic (exact) mass is 278 g/mol. The molecule has 1 N–H and O–H groups in total. The van der Waals surface area contributed by atoms with Gasteiger partial charge < -0.3 is 9.63 Å². The molecule has 6 heteroatoms. The topological polar surface area (TPSA) is 76.2 Å². The molecule has 1 aromatic carbocycles. The maximum absolute atomic E-state index is 10.7. The van der Waals surface area contributed by atoms with Crippen LogP contribution in [0.1, 0.15) is 18.3 Å². The maximum Gasteiger partial charge on any atom is 0.316 e. The lowest BCUT2D eigenvalue weighted by atomic mass is 10.1. The van der Waals surface area contributed by atoms with Crippen LogP contribution in [-0.2, 0) is 10.5 Å². The number of carboxylic acid groups (broad SMARTS) is 1. The van der Waals surface area contributed by atoms with E-state index in [0.717, 1.165) is 11.1 Å². The zero-order chi connectivity index (χ0) is 13.8. The van der Waals surface area contributed by atoms with Crippen LogP contribution in [0.2, 0.25) is 0 Å². The summed E-state index contributed by atoms with van der Waals surface area (Å²) in [5, 5.41) is 12.2. The molecule has 0 aliphatic carbocycles. The van der Waals surface area contributed by atoms with E-state index in [1.807, 2.05) is 31.2 Å². The zero-order valence-corrected chi connectivity index (χ0v) is 11.5. The Morgan fingerprint density at radius 3 is 3.00 bits per heavy atom. The number of nitrogens with zero attached hydrogens (tertiary/aromatic N) is 2. The van der Waals surface area contributed by atoms with Crippen molar-refractivity contribution in [1.29, 1.82) is 0 Å². The molecule has 5 nitrogen and oxygen atoms in total. The van der Waals surface area contributed by atoms with Crippen molar-refractivity contribution in [3.05, 3.63) is 35.7 Å². The van der Waals surface area contributed by atoms with Gasteiger partial charge in [0.15, 0.2) is 5.82 Å². The summed E-state index contributed by atoms with van der Waals surface area (Å²) in [4.78, 5) is 15.0. The van der Waals surface area contributed by atoms with Gasteiger partial charge in [-0.3, -0.25) is 4.79 Å². The highest BCUT2D eigenvalue weighted by Crippen LogP contribution is 2.21. The van der Waals surface area contributed by atoms with Crippen molar-refractivity contribution in [2.24, 2.45) is 0 Å². The van der Waals surface area contributed by atoms with Crippen molar-refractivity contribution < 1.29 is 14.4 Å². The summed E-state index contributed by atoms with van der Waals surface area (Å²) < 4.78 is 5.18. The lowest BCUT2D eigenvalue weighted by Crippen LogP contribution is -2.11. The molecule has 1 aromatic heterocycles. The Labute approximate surface area is 115 Å². The van der Waals surface area contributed by atoms with Crippen LogP contribution in [0.5, 0.6) is 0 Å². The fourth-order valence-corrected chi connectivity index (χ4v) is 2.14. The molecule has 1 heterocycles. The largest absolute Gasteiger partial charge is 0.480 e. The first-order valence-corrected chi connectivity index (χ1v) is 6.85. The van der Waals surface area contributed by atoms with Crippen molar-refractivity contribution >= 4 is 17.7 Å². The van der Waals surface area contributed by atoms with Crippen LogP contribution in [0.4, 0.5) is 0 Å². The zero-order valence-electron chi connectivity index (χ0n) is 10.7. The minimum absolute atomic E-state index is 0.419. The third kappa shape index (κ3) is 3.57. The maximum atomic E-state index is 10.7. The van der Waals surface area contributed by atoms with Gasteiger partial charge in [0.25, 0.3) is 5.89 Å². The van der Waals surface area contributed by atoms with E-state index in [-0.39, 0.29) is 0 Å². The van der Waals surface area contributed by atoms with E-state index in [1.54, 1.807) is 6.92 Å². The molecule has 0 spiro atoms. The van der Waals surface area contributed by atoms with Gasteiger partial charge in [-0.05, 0) is 26.0 Å². The predicted octanol–water partition coefficient (Wildman–Crippen LogP) is 2.75. The SMILES string of the molecule is Cc1cccc(-c2nc(CSC(C)C(=O)O)no2)c1. The molecule has 19 heavy (non-hydrogen) atoms. The Morgan fingerprint density at radius 2 is 2.32 bits per heavy atom. The number of benzene rings is 1. The number of carbonyl (C=O) groups is 1. The lowest BCUT2D eigenvalue weighted by Gasteiger charge is -2.01. The van der Waals surface area contributed by atoms with Gasteiger partial charge in [0.2, 0.25) is 0 Å². The van der Waals surface area contributed by atoms with E-state index in [1.165, 1.54) is 11.8 Å². The molecule has 0 saturated heterocycles. The van der Waals surface area contributed by atoms with Crippen molar-refractivity contribution in [2.75, 3.05) is 0 Å². The van der Waals surface area contributed by atoms with Crippen LogP contribution in [0.25, 0.3) is 11.5 Å². The summed E-state index contributed by atoms with van der Waals surface area (Å²) in [5.41, 5.74) is 1.99. The normalized spacial score (nSPS) is 12.3. The van der Waals surface area contributed by atoms with Gasteiger partial charge in [-0.15, -0.1) is 11.8 Å². The Kier molecular flexibility index (Phi) is 4.21. The van der Waals surface area contributed by atoms with Gasteiger partial charge in [0.1, 0.15) is 0 Å². The van der Waals surface area contributed by atoms with E-state index in [9.17, 15) is 4.79 Å². The highest BCUT2D eigenvalue weighted by molar-refractivity contribution is 7.99. The minimum Gasteiger partial charge on any atom is -0.480 e. The second kappa shape index (κ2) is 5.88. The van der Waals surface area contributed by atoms with Gasteiger partial charge in [-0.1, -0.05) is 22.9 Å². The van der Waals surface area contributed by atoms with Crippen LogP contribution in [0, 0.1) is 6.92 Å². The molecule has 100 valence electrons. The molecular formula is C13H14N2O3S. The van der Waals surface area contributed by atoms with Crippen molar-refractivity contribution in [1.82, 2.24) is 10.1 Å². The van der Waals surface area contributed by atoms with Gasteiger partial charge in [-0.2, -0.15) is 4.98 Å². The average molecular weight is 278 g/mol. The number of hydrogen-bond donors (Lipinski definition) is 1. The summed E-state index contributed by atoms with van der Waals surface area (Å²) in [6, 6.07) is 7.78. The molecule has 0 saturated carbocycles. The first kappa shape index (κ1) is 13.6. The average Bonchev–Trinajstić information content (AvgIpc) is 2.84. The van der Waals surface area contributed by atoms with Crippen LogP contribution in [0.15, 0.2) is 28.8 Å². The van der Waals surface area contributed by atoms with E-state index < -0.39 is 11.2 Å². The Balaban J connectivity index is 2.05. The van der Waals surface area contributed by atoms with E-state index in [4.69, 9.17) is 9.63 Å². The number of hydrogen-bond acceptors (Lipinski definition) is 5. The smallest absolute Gasteiger partial charge is 0.316 e. The molecule has 0 radical (unpaired) electrons. The first-order chi connectivity index (χ1) is 9.06. The molecular weight excluding hydrogens is 264 g/mol. The quantitative estimate of drug-likeness (QED) is 0.906. The van der Waals surface area contributed by atoms with Crippen molar-refractivity contribution in [3.8, 4) is 11.5 Å². The third-order valence-corrected chi connectivity index (χ3v) is 3.67. The number of rotatable bonds is 5. The molecule has 2 aromatic rings. The van der Waals surface area contributed by atoms with Gasteiger partial charge in [-0.25, -0.2) is 0 Å². The van der Waals surface area contributed by atoms with E-state index >= 15 is 0 Å². The number of aliphatic carboxylic acids is 1. The summed E-state index contributed by atoms with van der Waals surface area (Å²) in [6.45, 7) is 3.62. The lowest BCUT2D eigenvalue weighted by molar-refractivity contribution is -0.136. The van der Waals surface area contributed by atoms with E-state index in [0.29, 0.717) is 17.5 Å². The predicted molar refractivity (Wildman–Crippen MR) is 72.9 cm³/mol. The second-order valence-electron chi connectivity index (χ2n) is 4.18. The Bertz CT molecular complexity index is 583. The summed E-state index contributed by atoms with van der Waals surface area (Å²) in [5.74, 6) is 0.548. The molecule has 2 rings (SSSR count). The third-order valence-electron chi connectivity index (χ3n) is 2.54. The second-order valence-corrected chi connectivity index (χ2v) is 5.51. The van der Waals surface area contributed by atoms with Gasteiger partial charge in [0.05, 0.1) is 11.0 Å². The molecule has 0 fully saturated rings.